The smallest absolute Gasteiger partial charge is 0.0779 e. The molecule has 0 fully saturated rings. The summed E-state index contributed by atoms with van der Waals surface area (Å²) < 4.78 is 0. The number of isothiocyanates is 1. The second kappa shape index (κ2) is 4.30. The second-order valence-corrected chi connectivity index (χ2v) is 4.15. The van der Waals surface area contributed by atoms with E-state index in [9.17, 15) is 0 Å². The van der Waals surface area contributed by atoms with E-state index in [1.54, 1.807) is 12.3 Å². The molecule has 0 amide bonds. The van der Waals surface area contributed by atoms with Crippen LogP contribution in [0.2, 0.25) is 5.02 Å². The highest BCUT2D eigenvalue weighted by Gasteiger charge is 2.09. The molecule has 1 aromatic heterocycles. The van der Waals surface area contributed by atoms with E-state index in [2.05, 4.69) is 27.4 Å². The zero-order chi connectivity index (χ0) is 11.7. The maximum absolute atomic E-state index is 6.18. The zero-order valence-electron chi connectivity index (χ0n) is 8.91. The standard InChI is InChI=1S/C12H9ClN2S/c1-7-5-10(15-6-16)8(2)11-9(13)3-4-14-12(7)11/h3-5H,1-2H3. The lowest BCUT2D eigenvalue weighted by molar-refractivity contribution is 1.33. The molecule has 1 aromatic carbocycles. The van der Waals surface area contributed by atoms with E-state index < -0.39 is 0 Å². The SMILES string of the molecule is Cc1cc(N=C=S)c(C)c2c(Cl)ccnc12. The van der Waals surface area contributed by atoms with Crippen molar-refractivity contribution < 1.29 is 0 Å². The topological polar surface area (TPSA) is 25.2 Å². The van der Waals surface area contributed by atoms with Crippen molar-refractivity contribution in [2.75, 3.05) is 0 Å². The summed E-state index contributed by atoms with van der Waals surface area (Å²) in [7, 11) is 0. The first-order valence-corrected chi connectivity index (χ1v) is 5.56. The molecule has 0 aliphatic heterocycles. The molecule has 0 aliphatic rings. The molecule has 0 radical (unpaired) electrons. The third kappa shape index (κ3) is 1.74. The molecule has 0 unspecified atom stereocenters. The van der Waals surface area contributed by atoms with Crippen molar-refractivity contribution in [2.24, 2.45) is 4.99 Å². The Balaban J connectivity index is 2.97. The predicted molar refractivity (Wildman–Crippen MR) is 70.9 cm³/mol. The van der Waals surface area contributed by atoms with Gasteiger partial charge in [-0.25, -0.2) is 0 Å². The van der Waals surface area contributed by atoms with Crippen LogP contribution in [-0.2, 0) is 0 Å². The number of nitrogens with zero attached hydrogens (tertiary/aromatic N) is 2. The number of rotatable bonds is 1. The van der Waals surface area contributed by atoms with E-state index in [-0.39, 0.29) is 0 Å². The van der Waals surface area contributed by atoms with Gasteiger partial charge in [-0.15, -0.1) is 0 Å². The van der Waals surface area contributed by atoms with Gasteiger partial charge in [0.25, 0.3) is 0 Å². The van der Waals surface area contributed by atoms with Gasteiger partial charge in [0.2, 0.25) is 0 Å². The summed E-state index contributed by atoms with van der Waals surface area (Å²) in [4.78, 5) is 8.37. The van der Waals surface area contributed by atoms with Gasteiger partial charge < -0.3 is 0 Å². The third-order valence-electron chi connectivity index (χ3n) is 2.55. The number of aromatic nitrogens is 1. The van der Waals surface area contributed by atoms with Gasteiger partial charge in [0.05, 0.1) is 21.4 Å². The molecule has 0 saturated carbocycles. The Labute approximate surface area is 104 Å². The maximum Gasteiger partial charge on any atom is 0.0779 e. The number of benzene rings is 1. The van der Waals surface area contributed by atoms with Crippen LogP contribution >= 0.6 is 23.8 Å². The quantitative estimate of drug-likeness (QED) is 0.557. The lowest BCUT2D eigenvalue weighted by atomic mass is 10.0. The van der Waals surface area contributed by atoms with Crippen molar-refractivity contribution in [3.63, 3.8) is 0 Å². The van der Waals surface area contributed by atoms with Crippen molar-refractivity contribution in [3.8, 4) is 0 Å². The van der Waals surface area contributed by atoms with E-state index in [1.807, 2.05) is 19.9 Å². The number of fused-ring (bicyclic) bond motifs is 1. The summed E-state index contributed by atoms with van der Waals surface area (Å²) in [5.74, 6) is 0. The summed E-state index contributed by atoms with van der Waals surface area (Å²) in [5.41, 5.74) is 3.73. The van der Waals surface area contributed by atoms with Crippen molar-refractivity contribution in [1.82, 2.24) is 4.98 Å². The molecule has 0 saturated heterocycles. The molecular weight excluding hydrogens is 240 g/mol. The van der Waals surface area contributed by atoms with Crippen LogP contribution in [0.25, 0.3) is 10.9 Å². The van der Waals surface area contributed by atoms with E-state index in [1.165, 1.54) is 0 Å². The number of aliphatic imine (C=N–C) groups is 1. The fourth-order valence-electron chi connectivity index (χ4n) is 1.77. The number of hydrogen-bond acceptors (Lipinski definition) is 3. The molecule has 0 spiro atoms. The van der Waals surface area contributed by atoms with Crippen LogP contribution < -0.4 is 0 Å². The first-order chi connectivity index (χ1) is 7.65. The Morgan fingerprint density at radius 2 is 2.19 bits per heavy atom. The molecule has 80 valence electrons. The number of thiocarbonyl (C=S) groups is 1. The van der Waals surface area contributed by atoms with Gasteiger partial charge >= 0.3 is 0 Å². The summed E-state index contributed by atoms with van der Waals surface area (Å²) in [5, 5.41) is 4.01. The van der Waals surface area contributed by atoms with Crippen LogP contribution in [0.5, 0.6) is 0 Å². The number of halogens is 1. The number of hydrogen-bond donors (Lipinski definition) is 0. The van der Waals surface area contributed by atoms with Gasteiger partial charge in [-0.05, 0) is 49.3 Å². The van der Waals surface area contributed by atoms with Crippen LogP contribution in [0.3, 0.4) is 0 Å². The fourth-order valence-corrected chi connectivity index (χ4v) is 2.15. The molecule has 2 rings (SSSR count). The normalized spacial score (nSPS) is 10.2. The molecule has 16 heavy (non-hydrogen) atoms. The highest BCUT2D eigenvalue weighted by Crippen LogP contribution is 2.33. The molecule has 0 N–H and O–H groups in total. The van der Waals surface area contributed by atoms with Gasteiger partial charge in [0.15, 0.2) is 0 Å². The second-order valence-electron chi connectivity index (χ2n) is 3.56. The van der Waals surface area contributed by atoms with E-state index in [0.29, 0.717) is 5.02 Å². The van der Waals surface area contributed by atoms with Crippen LogP contribution in [-0.4, -0.2) is 10.1 Å². The first kappa shape index (κ1) is 11.2. The fraction of sp³-hybridized carbons (Fsp3) is 0.167. The lowest BCUT2D eigenvalue weighted by Crippen LogP contribution is -1.88. The van der Waals surface area contributed by atoms with Crippen molar-refractivity contribution in [1.29, 1.82) is 0 Å². The Bertz CT molecular complexity index is 616. The molecular formula is C12H9ClN2S. The average molecular weight is 249 g/mol. The zero-order valence-corrected chi connectivity index (χ0v) is 10.5. The Hall–Kier alpha value is -1.28. The minimum atomic E-state index is 0.687. The van der Waals surface area contributed by atoms with Crippen molar-refractivity contribution in [3.05, 3.63) is 34.5 Å². The number of aryl methyl sites for hydroxylation is 2. The Morgan fingerprint density at radius 3 is 2.88 bits per heavy atom. The Kier molecular flexibility index (Phi) is 3.01. The lowest BCUT2D eigenvalue weighted by Gasteiger charge is -2.08. The van der Waals surface area contributed by atoms with E-state index >= 15 is 0 Å². The maximum atomic E-state index is 6.18. The van der Waals surface area contributed by atoms with Gasteiger partial charge in [0, 0.05) is 11.6 Å². The third-order valence-corrected chi connectivity index (χ3v) is 2.96. The Morgan fingerprint density at radius 1 is 1.44 bits per heavy atom. The van der Waals surface area contributed by atoms with Crippen molar-refractivity contribution in [2.45, 2.75) is 13.8 Å². The molecule has 0 aliphatic carbocycles. The molecule has 2 aromatic rings. The van der Waals surface area contributed by atoms with Crippen LogP contribution in [0.15, 0.2) is 23.3 Å². The molecule has 1 heterocycles. The highest BCUT2D eigenvalue weighted by molar-refractivity contribution is 7.78. The largest absolute Gasteiger partial charge is 0.256 e. The molecule has 2 nitrogen and oxygen atoms in total. The molecule has 0 atom stereocenters. The predicted octanol–water partition coefficient (Wildman–Crippen LogP) is 4.24. The highest BCUT2D eigenvalue weighted by atomic mass is 35.5. The minimum Gasteiger partial charge on any atom is -0.256 e. The molecule has 4 heteroatoms. The van der Waals surface area contributed by atoms with Gasteiger partial charge in [-0.2, -0.15) is 4.99 Å². The first-order valence-electron chi connectivity index (χ1n) is 4.77. The summed E-state index contributed by atoms with van der Waals surface area (Å²) in [6.45, 7) is 3.94. The molecule has 0 bridgehead atoms. The van der Waals surface area contributed by atoms with E-state index in [4.69, 9.17) is 11.6 Å². The van der Waals surface area contributed by atoms with Crippen LogP contribution in [0, 0.1) is 13.8 Å². The monoisotopic (exact) mass is 248 g/mol. The van der Waals surface area contributed by atoms with E-state index in [0.717, 1.165) is 27.7 Å². The van der Waals surface area contributed by atoms with Crippen LogP contribution in [0.4, 0.5) is 5.69 Å². The summed E-state index contributed by atoms with van der Waals surface area (Å²) >= 11 is 10.8. The van der Waals surface area contributed by atoms with Gasteiger partial charge in [-0.1, -0.05) is 11.6 Å². The van der Waals surface area contributed by atoms with Crippen molar-refractivity contribution >= 4 is 45.6 Å². The van der Waals surface area contributed by atoms with Gasteiger partial charge in [0.1, 0.15) is 0 Å². The summed E-state index contributed by atoms with van der Waals surface area (Å²) in [6.07, 6.45) is 1.71. The minimum absolute atomic E-state index is 0.687. The number of pyridine rings is 1. The summed E-state index contributed by atoms with van der Waals surface area (Å²) in [6, 6.07) is 3.72. The van der Waals surface area contributed by atoms with Crippen LogP contribution in [0.1, 0.15) is 11.1 Å². The van der Waals surface area contributed by atoms with Gasteiger partial charge in [-0.3, -0.25) is 4.98 Å². The average Bonchev–Trinajstić information content (AvgIpc) is 2.25.